The van der Waals surface area contributed by atoms with Gasteiger partial charge in [0.15, 0.2) is 0 Å². The van der Waals surface area contributed by atoms with Gasteiger partial charge in [-0.2, -0.15) is 10.2 Å². The van der Waals surface area contributed by atoms with Crippen LogP contribution in [-0.4, -0.2) is 76.0 Å². The molecule has 176 valence electrons. The Morgan fingerprint density at radius 3 is 2.52 bits per heavy atom. The van der Waals surface area contributed by atoms with E-state index >= 15 is 0 Å². The van der Waals surface area contributed by atoms with Crippen molar-refractivity contribution in [2.45, 2.75) is 45.1 Å². The average Bonchev–Trinajstić information content (AvgIpc) is 3.15. The van der Waals surface area contributed by atoms with Crippen LogP contribution in [0.5, 0.6) is 0 Å². The summed E-state index contributed by atoms with van der Waals surface area (Å²) in [4.78, 5) is 33.0. The molecule has 3 fully saturated rings. The van der Waals surface area contributed by atoms with E-state index in [1.54, 1.807) is 6.20 Å². The largest absolute Gasteiger partial charge is 0.342 e. The van der Waals surface area contributed by atoms with Crippen molar-refractivity contribution < 1.29 is 9.59 Å². The van der Waals surface area contributed by atoms with E-state index in [0.717, 1.165) is 84.3 Å². The highest BCUT2D eigenvalue weighted by Gasteiger charge is 2.49. The Labute approximate surface area is 196 Å². The average molecular weight is 450 g/mol. The molecule has 1 atom stereocenters. The summed E-state index contributed by atoms with van der Waals surface area (Å²) in [6.45, 7) is 5.91. The maximum atomic E-state index is 13.3. The van der Waals surface area contributed by atoms with Crippen molar-refractivity contribution in [3.05, 3.63) is 48.3 Å². The van der Waals surface area contributed by atoms with E-state index in [0.29, 0.717) is 17.7 Å². The van der Waals surface area contributed by atoms with Crippen molar-refractivity contribution >= 4 is 11.8 Å². The van der Waals surface area contributed by atoms with E-state index in [2.05, 4.69) is 44.3 Å². The second kappa shape index (κ2) is 9.75. The Morgan fingerprint density at radius 1 is 1.03 bits per heavy atom. The van der Waals surface area contributed by atoms with Crippen molar-refractivity contribution in [2.24, 2.45) is 17.3 Å². The number of carbonyl (C=O) groups is 2. The molecule has 0 aromatic carbocycles. The third-order valence-corrected chi connectivity index (χ3v) is 8.15. The summed E-state index contributed by atoms with van der Waals surface area (Å²) < 4.78 is 0. The van der Waals surface area contributed by atoms with Crippen LogP contribution in [0.2, 0.25) is 0 Å². The van der Waals surface area contributed by atoms with Gasteiger partial charge in [-0.15, -0.1) is 0 Å². The topological polar surface area (TPSA) is 69.6 Å². The molecule has 4 heterocycles. The minimum atomic E-state index is -0.229. The van der Waals surface area contributed by atoms with E-state index < -0.39 is 0 Å². The molecule has 0 N–H and O–H groups in total. The number of allylic oxidation sites excluding steroid dienone is 3. The number of aromatic nitrogens is 2. The van der Waals surface area contributed by atoms with Crippen molar-refractivity contribution in [3.63, 3.8) is 0 Å². The molecular weight excluding hydrogens is 414 g/mol. The first-order chi connectivity index (χ1) is 16.1. The fourth-order valence-corrected chi connectivity index (χ4v) is 6.00. The van der Waals surface area contributed by atoms with Gasteiger partial charge in [0.1, 0.15) is 0 Å². The summed E-state index contributed by atoms with van der Waals surface area (Å²) in [5.74, 6) is 1.19. The SMILES string of the molecule is O=C(C1CCN(Cc2ccnnc2)CC1)N1CCC2(CC1)CCN(CC1C=CC=CC1)C2=O. The molecule has 7 nitrogen and oxygen atoms in total. The van der Waals surface area contributed by atoms with Gasteiger partial charge in [0.25, 0.3) is 0 Å². The standard InChI is InChI=1S/C26H35N5O2/c32-24(23-7-13-29(14-8-23)19-22-6-12-27-28-18-22)30-15-9-26(10-16-30)11-17-31(25(26)33)20-21-4-2-1-3-5-21/h1-4,6,12,18,21,23H,5,7-11,13-17,19-20H2. The number of carbonyl (C=O) groups excluding carboxylic acids is 2. The highest BCUT2D eigenvalue weighted by molar-refractivity contribution is 5.86. The van der Waals surface area contributed by atoms with Crippen molar-refractivity contribution in [1.82, 2.24) is 24.9 Å². The van der Waals surface area contributed by atoms with Crippen molar-refractivity contribution in [1.29, 1.82) is 0 Å². The number of nitrogens with zero attached hydrogens (tertiary/aromatic N) is 5. The third-order valence-electron chi connectivity index (χ3n) is 8.15. The molecule has 1 aromatic rings. The first-order valence-electron chi connectivity index (χ1n) is 12.5. The number of rotatable bonds is 5. The second-order valence-corrected chi connectivity index (χ2v) is 10.2. The third kappa shape index (κ3) is 4.88. The number of likely N-dealkylation sites (tertiary alicyclic amines) is 3. The summed E-state index contributed by atoms with van der Waals surface area (Å²) in [5, 5.41) is 7.79. The summed E-state index contributed by atoms with van der Waals surface area (Å²) in [7, 11) is 0. The molecule has 2 amide bonds. The van der Waals surface area contributed by atoms with Crippen LogP contribution in [-0.2, 0) is 16.1 Å². The summed E-state index contributed by atoms with van der Waals surface area (Å²) in [5.41, 5.74) is 0.940. The molecular formula is C26H35N5O2. The Bertz CT molecular complexity index is 899. The summed E-state index contributed by atoms with van der Waals surface area (Å²) in [6, 6.07) is 2.00. The quantitative estimate of drug-likeness (QED) is 0.691. The van der Waals surface area contributed by atoms with Crippen LogP contribution in [0.1, 0.15) is 44.1 Å². The van der Waals surface area contributed by atoms with Crippen molar-refractivity contribution in [2.75, 3.05) is 39.3 Å². The monoisotopic (exact) mass is 449 g/mol. The molecule has 7 heteroatoms. The smallest absolute Gasteiger partial charge is 0.229 e. The van der Waals surface area contributed by atoms with Gasteiger partial charge in [-0.3, -0.25) is 14.5 Å². The van der Waals surface area contributed by atoms with Crippen LogP contribution >= 0.6 is 0 Å². The van der Waals surface area contributed by atoms with Crippen LogP contribution in [0.3, 0.4) is 0 Å². The van der Waals surface area contributed by atoms with Crippen LogP contribution in [0.25, 0.3) is 0 Å². The predicted molar refractivity (Wildman–Crippen MR) is 126 cm³/mol. The molecule has 0 saturated carbocycles. The number of hydrogen-bond acceptors (Lipinski definition) is 5. The number of piperidine rings is 2. The Morgan fingerprint density at radius 2 is 1.82 bits per heavy atom. The molecule has 1 spiro atoms. The van der Waals surface area contributed by atoms with Gasteiger partial charge < -0.3 is 9.80 Å². The number of hydrogen-bond donors (Lipinski definition) is 0. The van der Waals surface area contributed by atoms with Crippen molar-refractivity contribution in [3.8, 4) is 0 Å². The predicted octanol–water partition coefficient (Wildman–Crippen LogP) is 2.66. The van der Waals surface area contributed by atoms with Gasteiger partial charge in [-0.05, 0) is 69.2 Å². The highest BCUT2D eigenvalue weighted by atomic mass is 16.2. The lowest BCUT2D eigenvalue weighted by molar-refractivity contribution is -0.145. The first-order valence-corrected chi connectivity index (χ1v) is 12.5. The van der Waals surface area contributed by atoms with Gasteiger partial charge in [0.05, 0.1) is 11.6 Å². The normalized spacial score (nSPS) is 25.8. The van der Waals surface area contributed by atoms with Gasteiger partial charge in [0.2, 0.25) is 11.8 Å². The zero-order chi connectivity index (χ0) is 22.7. The molecule has 0 bridgehead atoms. The lowest BCUT2D eigenvalue weighted by Crippen LogP contribution is -2.49. The van der Waals surface area contributed by atoms with Crippen LogP contribution < -0.4 is 0 Å². The molecule has 5 rings (SSSR count). The first kappa shape index (κ1) is 22.3. The molecule has 3 aliphatic heterocycles. The van der Waals surface area contributed by atoms with Gasteiger partial charge in [-0.1, -0.05) is 24.3 Å². The minimum Gasteiger partial charge on any atom is -0.342 e. The van der Waals surface area contributed by atoms with Crippen LogP contribution in [0.4, 0.5) is 0 Å². The highest BCUT2D eigenvalue weighted by Crippen LogP contribution is 2.42. The maximum Gasteiger partial charge on any atom is 0.229 e. The van der Waals surface area contributed by atoms with E-state index in [-0.39, 0.29) is 11.3 Å². The van der Waals surface area contributed by atoms with Gasteiger partial charge in [0, 0.05) is 44.8 Å². The van der Waals surface area contributed by atoms with Gasteiger partial charge in [-0.25, -0.2) is 0 Å². The maximum absolute atomic E-state index is 13.3. The molecule has 1 aromatic heterocycles. The van der Waals surface area contributed by atoms with E-state index in [4.69, 9.17) is 0 Å². The minimum absolute atomic E-state index is 0.118. The lowest BCUT2D eigenvalue weighted by atomic mass is 9.76. The zero-order valence-electron chi connectivity index (χ0n) is 19.4. The Kier molecular flexibility index (Phi) is 6.58. The van der Waals surface area contributed by atoms with E-state index in [9.17, 15) is 9.59 Å². The van der Waals surface area contributed by atoms with E-state index in [1.807, 2.05) is 17.2 Å². The molecule has 1 aliphatic carbocycles. The molecule has 33 heavy (non-hydrogen) atoms. The molecule has 4 aliphatic rings. The Hall–Kier alpha value is -2.54. The fraction of sp³-hybridized carbons (Fsp3) is 0.615. The summed E-state index contributed by atoms with van der Waals surface area (Å²) in [6.07, 6.45) is 17.6. The van der Waals surface area contributed by atoms with E-state index in [1.165, 1.54) is 5.56 Å². The van der Waals surface area contributed by atoms with Crippen LogP contribution in [0, 0.1) is 17.3 Å². The molecule has 0 radical (unpaired) electrons. The molecule has 3 saturated heterocycles. The number of amides is 2. The molecule has 1 unspecified atom stereocenters. The van der Waals surface area contributed by atoms with Gasteiger partial charge >= 0.3 is 0 Å². The van der Waals surface area contributed by atoms with Crippen LogP contribution in [0.15, 0.2) is 42.8 Å². The summed E-state index contributed by atoms with van der Waals surface area (Å²) >= 11 is 0. The zero-order valence-corrected chi connectivity index (χ0v) is 19.4. The fourth-order valence-electron chi connectivity index (χ4n) is 6.00. The second-order valence-electron chi connectivity index (χ2n) is 10.2. The Balaban J connectivity index is 1.09. The lowest BCUT2D eigenvalue weighted by Gasteiger charge is -2.40.